The lowest BCUT2D eigenvalue weighted by Gasteiger charge is -2.26. The van der Waals surface area contributed by atoms with Crippen LogP contribution in [-0.4, -0.2) is 36.6 Å². The first-order valence-electron chi connectivity index (χ1n) is 7.59. The van der Waals surface area contributed by atoms with E-state index in [-0.39, 0.29) is 0 Å². The number of hydrogen-bond acceptors (Lipinski definition) is 2. The molecule has 0 aromatic rings. The highest BCUT2D eigenvalue weighted by Crippen LogP contribution is 2.06. The Morgan fingerprint density at radius 3 is 2.18 bits per heavy atom. The Balaban J connectivity index is 3.53. The monoisotopic (exact) mass is 242 g/mol. The second-order valence-electron chi connectivity index (χ2n) is 5.48. The topological polar surface area (TPSA) is 15.3 Å². The fourth-order valence-electron chi connectivity index (χ4n) is 2.17. The van der Waals surface area contributed by atoms with Crippen molar-refractivity contribution in [2.45, 2.75) is 78.8 Å². The first-order chi connectivity index (χ1) is 8.11. The van der Waals surface area contributed by atoms with Crippen LogP contribution in [0.25, 0.3) is 0 Å². The van der Waals surface area contributed by atoms with Gasteiger partial charge in [-0.3, -0.25) is 0 Å². The van der Waals surface area contributed by atoms with Crippen LogP contribution in [0.2, 0.25) is 0 Å². The number of nitrogens with zero attached hydrogens (tertiary/aromatic N) is 1. The first-order valence-corrected chi connectivity index (χ1v) is 7.59. The molecule has 0 aromatic heterocycles. The summed E-state index contributed by atoms with van der Waals surface area (Å²) in [6.45, 7) is 15.1. The number of rotatable bonds is 11. The Kier molecular flexibility index (Phi) is 11.0. The fraction of sp³-hybridized carbons (Fsp3) is 1.00. The van der Waals surface area contributed by atoms with Crippen LogP contribution in [0.5, 0.6) is 0 Å². The second-order valence-corrected chi connectivity index (χ2v) is 5.48. The summed E-state index contributed by atoms with van der Waals surface area (Å²) in [6.07, 6.45) is 6.52. The maximum Gasteiger partial charge on any atom is 0.00387 e. The lowest BCUT2D eigenvalue weighted by molar-refractivity contribution is 0.216. The van der Waals surface area contributed by atoms with E-state index in [9.17, 15) is 0 Å². The van der Waals surface area contributed by atoms with Crippen LogP contribution < -0.4 is 5.32 Å². The largest absolute Gasteiger partial charge is 0.314 e. The van der Waals surface area contributed by atoms with Crippen LogP contribution >= 0.6 is 0 Å². The molecule has 0 radical (unpaired) electrons. The lowest BCUT2D eigenvalue weighted by Crippen LogP contribution is -2.33. The molecule has 0 bridgehead atoms. The fourth-order valence-corrected chi connectivity index (χ4v) is 2.17. The van der Waals surface area contributed by atoms with E-state index in [4.69, 9.17) is 0 Å². The van der Waals surface area contributed by atoms with Gasteiger partial charge < -0.3 is 10.2 Å². The normalized spacial score (nSPS) is 13.6. The van der Waals surface area contributed by atoms with Crippen molar-refractivity contribution in [2.75, 3.05) is 19.6 Å². The van der Waals surface area contributed by atoms with Gasteiger partial charge in [-0.1, -0.05) is 20.3 Å². The molecule has 1 unspecified atom stereocenters. The molecule has 0 saturated heterocycles. The van der Waals surface area contributed by atoms with E-state index >= 15 is 0 Å². The van der Waals surface area contributed by atoms with E-state index < -0.39 is 0 Å². The predicted octanol–water partition coefficient (Wildman–Crippen LogP) is 3.67. The van der Waals surface area contributed by atoms with Gasteiger partial charge in [-0.25, -0.2) is 0 Å². The van der Waals surface area contributed by atoms with Gasteiger partial charge in [0.2, 0.25) is 0 Å². The van der Waals surface area contributed by atoms with Crippen molar-refractivity contribution in [3.05, 3.63) is 0 Å². The Morgan fingerprint density at radius 2 is 1.65 bits per heavy atom. The van der Waals surface area contributed by atoms with Gasteiger partial charge in [0.05, 0.1) is 0 Å². The molecule has 0 aliphatic carbocycles. The molecule has 0 heterocycles. The second kappa shape index (κ2) is 11.0. The van der Waals surface area contributed by atoms with Crippen LogP contribution in [-0.2, 0) is 0 Å². The molecule has 1 N–H and O–H groups in total. The molecule has 2 heteroatoms. The standard InChI is InChI=1S/C15H34N2/c1-6-11-16-15(5)10-8-9-13-17(12-7-2)14(3)4/h14-16H,6-13H2,1-5H3. The quantitative estimate of drug-likeness (QED) is 0.556. The molecule has 0 spiro atoms. The molecule has 0 amide bonds. The van der Waals surface area contributed by atoms with Crippen LogP contribution in [0.3, 0.4) is 0 Å². The molecule has 1 atom stereocenters. The summed E-state index contributed by atoms with van der Waals surface area (Å²) in [7, 11) is 0. The molecule has 0 fully saturated rings. The van der Waals surface area contributed by atoms with Gasteiger partial charge in [0.25, 0.3) is 0 Å². The highest BCUT2D eigenvalue weighted by atomic mass is 15.1. The minimum absolute atomic E-state index is 0.689. The zero-order valence-electron chi connectivity index (χ0n) is 12.8. The summed E-state index contributed by atoms with van der Waals surface area (Å²) in [4.78, 5) is 2.60. The van der Waals surface area contributed by atoms with Crippen LogP contribution in [0, 0.1) is 0 Å². The zero-order chi connectivity index (χ0) is 13.1. The molecule has 0 aliphatic heterocycles. The van der Waals surface area contributed by atoms with Gasteiger partial charge in [0.1, 0.15) is 0 Å². The SMILES string of the molecule is CCCNC(C)CCCCN(CCC)C(C)C. The van der Waals surface area contributed by atoms with Gasteiger partial charge in [0.15, 0.2) is 0 Å². The maximum atomic E-state index is 3.55. The summed E-state index contributed by atoms with van der Waals surface area (Å²) in [5.74, 6) is 0. The van der Waals surface area contributed by atoms with Crippen molar-refractivity contribution in [3.63, 3.8) is 0 Å². The van der Waals surface area contributed by atoms with E-state index in [2.05, 4.69) is 44.8 Å². The van der Waals surface area contributed by atoms with Gasteiger partial charge in [-0.05, 0) is 66.1 Å². The number of hydrogen-bond donors (Lipinski definition) is 1. The van der Waals surface area contributed by atoms with Crippen molar-refractivity contribution >= 4 is 0 Å². The van der Waals surface area contributed by atoms with Gasteiger partial charge >= 0.3 is 0 Å². The molecule has 17 heavy (non-hydrogen) atoms. The van der Waals surface area contributed by atoms with Crippen molar-refractivity contribution < 1.29 is 0 Å². The summed E-state index contributed by atoms with van der Waals surface area (Å²) in [5.41, 5.74) is 0. The average molecular weight is 242 g/mol. The lowest BCUT2D eigenvalue weighted by atomic mass is 10.1. The Morgan fingerprint density at radius 1 is 0.941 bits per heavy atom. The zero-order valence-corrected chi connectivity index (χ0v) is 12.8. The van der Waals surface area contributed by atoms with Gasteiger partial charge in [-0.2, -0.15) is 0 Å². The molecule has 0 rings (SSSR count). The van der Waals surface area contributed by atoms with E-state index in [0.29, 0.717) is 12.1 Å². The van der Waals surface area contributed by atoms with Crippen LogP contribution in [0.15, 0.2) is 0 Å². The molecule has 0 aliphatic rings. The highest BCUT2D eigenvalue weighted by molar-refractivity contribution is 4.64. The van der Waals surface area contributed by atoms with Crippen molar-refractivity contribution in [2.24, 2.45) is 0 Å². The molecular weight excluding hydrogens is 208 g/mol. The molecule has 0 saturated carbocycles. The third-order valence-electron chi connectivity index (χ3n) is 3.32. The molecule has 0 aromatic carbocycles. The molecule has 2 nitrogen and oxygen atoms in total. The minimum Gasteiger partial charge on any atom is -0.314 e. The smallest absolute Gasteiger partial charge is 0.00387 e. The van der Waals surface area contributed by atoms with E-state index in [1.165, 1.54) is 45.2 Å². The maximum absolute atomic E-state index is 3.55. The summed E-state index contributed by atoms with van der Waals surface area (Å²) < 4.78 is 0. The number of nitrogens with one attached hydrogen (secondary N) is 1. The van der Waals surface area contributed by atoms with Crippen LogP contribution in [0.4, 0.5) is 0 Å². The van der Waals surface area contributed by atoms with Gasteiger partial charge in [0, 0.05) is 12.1 Å². The summed E-state index contributed by atoms with van der Waals surface area (Å²) >= 11 is 0. The molecule has 104 valence electrons. The third kappa shape index (κ3) is 9.61. The average Bonchev–Trinajstić information content (AvgIpc) is 2.30. The minimum atomic E-state index is 0.689. The Hall–Kier alpha value is -0.0800. The van der Waals surface area contributed by atoms with E-state index in [1.54, 1.807) is 0 Å². The van der Waals surface area contributed by atoms with Crippen molar-refractivity contribution in [1.82, 2.24) is 10.2 Å². The first kappa shape index (κ1) is 16.9. The van der Waals surface area contributed by atoms with E-state index in [1.807, 2.05) is 0 Å². The predicted molar refractivity (Wildman–Crippen MR) is 78.6 cm³/mol. The summed E-state index contributed by atoms with van der Waals surface area (Å²) in [6, 6.07) is 1.39. The highest BCUT2D eigenvalue weighted by Gasteiger charge is 2.07. The van der Waals surface area contributed by atoms with Crippen molar-refractivity contribution in [1.29, 1.82) is 0 Å². The van der Waals surface area contributed by atoms with E-state index in [0.717, 1.165) is 6.54 Å². The Labute approximate surface area is 109 Å². The Bertz CT molecular complexity index is 157. The third-order valence-corrected chi connectivity index (χ3v) is 3.32. The molecular formula is C15H34N2. The van der Waals surface area contributed by atoms with Gasteiger partial charge in [-0.15, -0.1) is 0 Å². The number of unbranched alkanes of at least 4 members (excludes halogenated alkanes) is 1. The van der Waals surface area contributed by atoms with Crippen LogP contribution in [0.1, 0.15) is 66.7 Å². The summed E-state index contributed by atoms with van der Waals surface area (Å²) in [5, 5.41) is 3.55. The van der Waals surface area contributed by atoms with Crippen molar-refractivity contribution in [3.8, 4) is 0 Å².